The Balaban J connectivity index is 2.88. The van der Waals surface area contributed by atoms with Crippen LogP contribution in [0.25, 0.3) is 0 Å². The molecule has 0 aromatic heterocycles. The van der Waals surface area contributed by atoms with E-state index < -0.39 is 0 Å². The number of likely N-dealkylation sites (N-methyl/N-ethyl adjacent to an activating group) is 1. The van der Waals surface area contributed by atoms with Crippen LogP contribution in [0.3, 0.4) is 0 Å². The van der Waals surface area contributed by atoms with Gasteiger partial charge >= 0.3 is 0 Å². The highest BCUT2D eigenvalue weighted by Crippen LogP contribution is 2.23. The summed E-state index contributed by atoms with van der Waals surface area (Å²) in [7, 11) is 3.60. The van der Waals surface area contributed by atoms with Gasteiger partial charge in [0.25, 0.3) is 0 Å². The molecule has 2 unspecified atom stereocenters. The van der Waals surface area contributed by atoms with Gasteiger partial charge in [-0.1, -0.05) is 24.6 Å². The Morgan fingerprint density at radius 1 is 1.50 bits per heavy atom. The number of benzene rings is 1. The number of halogens is 2. The first-order valence-corrected chi connectivity index (χ1v) is 6.51. The number of hydrogen-bond donors (Lipinski definition) is 1. The van der Waals surface area contributed by atoms with Crippen LogP contribution in [-0.4, -0.2) is 25.8 Å². The second kappa shape index (κ2) is 6.50. The molecule has 4 heteroatoms. The van der Waals surface area contributed by atoms with Crippen molar-refractivity contribution in [3.8, 4) is 0 Å². The maximum Gasteiger partial charge on any atom is 0.142 e. The van der Waals surface area contributed by atoms with E-state index in [1.54, 1.807) is 13.2 Å². The predicted molar refractivity (Wildman–Crippen MR) is 73.7 cm³/mol. The molecule has 0 heterocycles. The van der Waals surface area contributed by atoms with Crippen molar-refractivity contribution in [3.63, 3.8) is 0 Å². The Bertz CT molecular complexity index is 393. The van der Waals surface area contributed by atoms with Crippen LogP contribution in [0, 0.1) is 5.82 Å². The largest absolute Gasteiger partial charge is 0.377 e. The van der Waals surface area contributed by atoms with Crippen molar-refractivity contribution in [1.82, 2.24) is 5.32 Å². The molecule has 0 saturated heterocycles. The lowest BCUT2D eigenvalue weighted by Crippen LogP contribution is -2.49. The van der Waals surface area contributed by atoms with E-state index in [0.29, 0.717) is 6.42 Å². The molecule has 0 amide bonds. The first-order valence-electron chi connectivity index (χ1n) is 6.13. The van der Waals surface area contributed by atoms with Gasteiger partial charge in [-0.05, 0) is 44.5 Å². The average Bonchev–Trinajstić information content (AvgIpc) is 2.39. The summed E-state index contributed by atoms with van der Waals surface area (Å²) in [6, 6.07) is 5.04. The predicted octanol–water partition coefficient (Wildman–Crippen LogP) is 3.42. The number of methoxy groups -OCH3 is 1. The van der Waals surface area contributed by atoms with Gasteiger partial charge in [0.2, 0.25) is 0 Å². The topological polar surface area (TPSA) is 21.3 Å². The first kappa shape index (κ1) is 15.4. The zero-order chi connectivity index (χ0) is 13.8. The average molecular weight is 274 g/mol. The fourth-order valence-electron chi connectivity index (χ4n) is 2.06. The van der Waals surface area contributed by atoms with Gasteiger partial charge in [-0.2, -0.15) is 0 Å². The van der Waals surface area contributed by atoms with Crippen molar-refractivity contribution in [1.29, 1.82) is 0 Å². The van der Waals surface area contributed by atoms with Crippen molar-refractivity contribution in [2.75, 3.05) is 14.2 Å². The quantitative estimate of drug-likeness (QED) is 0.857. The number of hydrogen-bond acceptors (Lipinski definition) is 2. The van der Waals surface area contributed by atoms with E-state index in [2.05, 4.69) is 19.2 Å². The van der Waals surface area contributed by atoms with Crippen LogP contribution in [0.5, 0.6) is 0 Å². The van der Waals surface area contributed by atoms with Gasteiger partial charge in [0.1, 0.15) is 5.82 Å². The lowest BCUT2D eigenvalue weighted by Gasteiger charge is -2.35. The Kier molecular flexibility index (Phi) is 5.57. The monoisotopic (exact) mass is 273 g/mol. The fourth-order valence-corrected chi connectivity index (χ4v) is 2.18. The molecule has 0 spiro atoms. The highest BCUT2D eigenvalue weighted by molar-refractivity contribution is 6.30. The molecule has 1 rings (SSSR count). The van der Waals surface area contributed by atoms with Crippen molar-refractivity contribution in [2.24, 2.45) is 0 Å². The Hall–Kier alpha value is -0.640. The number of rotatable bonds is 6. The summed E-state index contributed by atoms with van der Waals surface area (Å²) in [5, 5.41) is 3.40. The maximum absolute atomic E-state index is 13.4. The van der Waals surface area contributed by atoms with E-state index in [0.717, 1.165) is 12.0 Å². The van der Waals surface area contributed by atoms with Crippen LogP contribution in [0.4, 0.5) is 4.39 Å². The van der Waals surface area contributed by atoms with E-state index >= 15 is 0 Å². The molecular formula is C14H21ClFNO. The molecule has 1 N–H and O–H groups in total. The molecule has 2 nitrogen and oxygen atoms in total. The summed E-state index contributed by atoms with van der Waals surface area (Å²) in [4.78, 5) is 0. The summed E-state index contributed by atoms with van der Waals surface area (Å²) in [5.41, 5.74) is 0.637. The van der Waals surface area contributed by atoms with Crippen LogP contribution in [0.15, 0.2) is 18.2 Å². The maximum atomic E-state index is 13.4. The lowest BCUT2D eigenvalue weighted by molar-refractivity contribution is -0.0268. The number of ether oxygens (including phenoxy) is 1. The van der Waals surface area contributed by atoms with Crippen LogP contribution in [0.2, 0.25) is 5.02 Å². The second-order valence-corrected chi connectivity index (χ2v) is 5.07. The molecule has 2 atom stereocenters. The Morgan fingerprint density at radius 2 is 2.17 bits per heavy atom. The van der Waals surface area contributed by atoms with E-state index in [-0.39, 0.29) is 22.5 Å². The third-order valence-electron chi connectivity index (χ3n) is 3.68. The van der Waals surface area contributed by atoms with Crippen LogP contribution in [0.1, 0.15) is 25.8 Å². The zero-order valence-corrected chi connectivity index (χ0v) is 12.1. The van der Waals surface area contributed by atoms with E-state index in [4.69, 9.17) is 16.3 Å². The normalized spacial score (nSPS) is 16.3. The summed E-state index contributed by atoms with van der Waals surface area (Å²) in [6.07, 6.45) is 1.58. The second-order valence-electron chi connectivity index (χ2n) is 4.66. The zero-order valence-electron chi connectivity index (χ0n) is 11.4. The third-order valence-corrected chi connectivity index (χ3v) is 3.98. The van der Waals surface area contributed by atoms with Gasteiger partial charge in [-0.3, -0.25) is 0 Å². The summed E-state index contributed by atoms with van der Waals surface area (Å²) < 4.78 is 19.0. The van der Waals surface area contributed by atoms with Crippen molar-refractivity contribution in [2.45, 2.75) is 38.3 Å². The molecule has 0 bridgehead atoms. The molecule has 1 aromatic carbocycles. The van der Waals surface area contributed by atoms with Crippen molar-refractivity contribution in [3.05, 3.63) is 34.6 Å². The minimum absolute atomic E-state index is 0.119. The summed E-state index contributed by atoms with van der Waals surface area (Å²) >= 11 is 5.68. The van der Waals surface area contributed by atoms with Gasteiger partial charge in [0.15, 0.2) is 0 Å². The molecule has 0 fully saturated rings. The van der Waals surface area contributed by atoms with Gasteiger partial charge < -0.3 is 10.1 Å². The minimum Gasteiger partial charge on any atom is -0.377 e. The minimum atomic E-state index is -0.375. The molecular weight excluding hydrogens is 253 g/mol. The highest BCUT2D eigenvalue weighted by Gasteiger charge is 2.31. The molecule has 1 aromatic rings. The van der Waals surface area contributed by atoms with Crippen LogP contribution >= 0.6 is 11.6 Å². The third kappa shape index (κ3) is 3.44. The van der Waals surface area contributed by atoms with E-state index in [1.807, 2.05) is 13.1 Å². The molecule has 18 heavy (non-hydrogen) atoms. The Labute approximate surface area is 113 Å². The highest BCUT2D eigenvalue weighted by atomic mass is 35.5. The van der Waals surface area contributed by atoms with Crippen molar-refractivity contribution >= 4 is 11.6 Å². The SMILES string of the molecule is CCC(C)(OC)C(Cc1ccc(Cl)c(F)c1)NC. The fraction of sp³-hybridized carbons (Fsp3) is 0.571. The molecule has 0 aliphatic rings. The first-order chi connectivity index (χ1) is 8.46. The number of nitrogens with one attached hydrogen (secondary N) is 1. The van der Waals surface area contributed by atoms with Crippen LogP contribution in [-0.2, 0) is 11.2 Å². The molecule has 102 valence electrons. The molecule has 0 radical (unpaired) electrons. The Morgan fingerprint density at radius 3 is 2.61 bits per heavy atom. The lowest BCUT2D eigenvalue weighted by atomic mass is 9.88. The molecule has 0 aliphatic heterocycles. The molecule has 0 saturated carbocycles. The van der Waals surface area contributed by atoms with Crippen molar-refractivity contribution < 1.29 is 9.13 Å². The van der Waals surface area contributed by atoms with Gasteiger partial charge in [0.05, 0.1) is 10.6 Å². The summed E-state index contributed by atoms with van der Waals surface area (Å²) in [6.45, 7) is 4.14. The standard InChI is InChI=1S/C14H21ClFNO/c1-5-14(2,18-4)13(17-3)9-10-6-7-11(15)12(16)8-10/h6-8,13,17H,5,9H2,1-4H3. The van der Waals surface area contributed by atoms with E-state index in [9.17, 15) is 4.39 Å². The smallest absolute Gasteiger partial charge is 0.142 e. The van der Waals surface area contributed by atoms with Gasteiger partial charge in [-0.15, -0.1) is 0 Å². The van der Waals surface area contributed by atoms with Gasteiger partial charge in [0, 0.05) is 13.2 Å². The van der Waals surface area contributed by atoms with E-state index in [1.165, 1.54) is 6.07 Å². The molecule has 0 aliphatic carbocycles. The summed E-state index contributed by atoms with van der Waals surface area (Å²) in [5.74, 6) is -0.375. The van der Waals surface area contributed by atoms with Gasteiger partial charge in [-0.25, -0.2) is 4.39 Å². The van der Waals surface area contributed by atoms with Crippen LogP contribution < -0.4 is 5.32 Å².